The van der Waals surface area contributed by atoms with E-state index in [0.717, 1.165) is 25.7 Å². The average molecular weight is 411 g/mol. The van der Waals surface area contributed by atoms with E-state index in [1.807, 2.05) is 0 Å². The van der Waals surface area contributed by atoms with Gasteiger partial charge in [-0.05, 0) is 50.4 Å². The van der Waals surface area contributed by atoms with Crippen molar-refractivity contribution in [3.05, 3.63) is 0 Å². The summed E-state index contributed by atoms with van der Waals surface area (Å²) >= 11 is 0. The Morgan fingerprint density at radius 1 is 1.17 bits per heavy atom. The van der Waals surface area contributed by atoms with Gasteiger partial charge >= 0.3 is 5.97 Å². The first-order valence-electron chi connectivity index (χ1n) is 11.4. The van der Waals surface area contributed by atoms with Gasteiger partial charge in [-0.15, -0.1) is 0 Å². The van der Waals surface area contributed by atoms with E-state index in [1.165, 1.54) is 6.42 Å². The Kier molecular flexibility index (Phi) is 6.02. The Labute approximate surface area is 174 Å². The van der Waals surface area contributed by atoms with Crippen LogP contribution in [0.4, 0.5) is 0 Å². The molecule has 1 spiro atoms. The lowest BCUT2D eigenvalue weighted by molar-refractivity contribution is -0.398. The zero-order valence-electron chi connectivity index (χ0n) is 18.6. The fraction of sp³-hybridized carbons (Fsp3) is 0.957. The molecule has 4 rings (SSSR count). The van der Waals surface area contributed by atoms with Gasteiger partial charge in [0, 0.05) is 25.4 Å². The maximum atomic E-state index is 13.2. The number of carbonyl (C=O) groups is 1. The minimum absolute atomic E-state index is 0.0447. The first kappa shape index (κ1) is 21.5. The zero-order valence-corrected chi connectivity index (χ0v) is 18.6. The summed E-state index contributed by atoms with van der Waals surface area (Å²) in [6.45, 7) is 10.2. The molecular weight excluding hydrogens is 372 g/mol. The van der Waals surface area contributed by atoms with Gasteiger partial charge in [0.15, 0.2) is 0 Å². The van der Waals surface area contributed by atoms with Crippen LogP contribution in [0.25, 0.3) is 0 Å². The highest BCUT2D eigenvalue weighted by molar-refractivity contribution is 5.77. The van der Waals surface area contributed by atoms with Crippen LogP contribution in [0.1, 0.15) is 59.8 Å². The SMILES string of the molecule is COCCOCOC1CCC2C3C(=O)OC4(CC(C)CCC4C(C)C)OC3(C)C12. The van der Waals surface area contributed by atoms with Gasteiger partial charge in [-0.2, -0.15) is 0 Å². The molecule has 0 aromatic carbocycles. The molecule has 4 fully saturated rings. The lowest BCUT2D eigenvalue weighted by Crippen LogP contribution is -2.74. The normalized spacial score (nSPS) is 46.3. The number of rotatable bonds is 7. The van der Waals surface area contributed by atoms with Gasteiger partial charge in [0.05, 0.1) is 30.8 Å². The van der Waals surface area contributed by atoms with Crippen molar-refractivity contribution in [3.8, 4) is 0 Å². The van der Waals surface area contributed by atoms with Crippen LogP contribution < -0.4 is 0 Å². The Bertz CT molecular complexity index is 608. The minimum atomic E-state index is -0.777. The Balaban J connectivity index is 1.50. The summed E-state index contributed by atoms with van der Waals surface area (Å²) in [6, 6.07) is 0. The van der Waals surface area contributed by atoms with Crippen LogP contribution in [0.15, 0.2) is 0 Å². The van der Waals surface area contributed by atoms with Crippen molar-refractivity contribution in [3.63, 3.8) is 0 Å². The van der Waals surface area contributed by atoms with E-state index in [9.17, 15) is 4.79 Å². The highest BCUT2D eigenvalue weighted by Crippen LogP contribution is 2.65. The predicted molar refractivity (Wildman–Crippen MR) is 107 cm³/mol. The number of esters is 1. The number of hydrogen-bond acceptors (Lipinski definition) is 6. The zero-order chi connectivity index (χ0) is 20.8. The quantitative estimate of drug-likeness (QED) is 0.362. The maximum absolute atomic E-state index is 13.2. The van der Waals surface area contributed by atoms with Crippen LogP contribution >= 0.6 is 0 Å². The number of ether oxygens (including phenoxy) is 5. The molecule has 3 saturated carbocycles. The topological polar surface area (TPSA) is 63.2 Å². The molecule has 8 unspecified atom stereocenters. The van der Waals surface area contributed by atoms with Crippen molar-refractivity contribution < 1.29 is 28.5 Å². The first-order valence-corrected chi connectivity index (χ1v) is 11.4. The smallest absolute Gasteiger partial charge is 0.314 e. The van der Waals surface area contributed by atoms with E-state index in [2.05, 4.69) is 27.7 Å². The second-order valence-corrected chi connectivity index (χ2v) is 10.2. The van der Waals surface area contributed by atoms with Crippen LogP contribution in [0.3, 0.4) is 0 Å². The van der Waals surface area contributed by atoms with Crippen LogP contribution in [-0.2, 0) is 28.5 Å². The summed E-state index contributed by atoms with van der Waals surface area (Å²) < 4.78 is 29.7. The second kappa shape index (κ2) is 8.10. The molecule has 166 valence electrons. The van der Waals surface area contributed by atoms with Gasteiger partial charge in [-0.1, -0.05) is 20.8 Å². The minimum Gasteiger partial charge on any atom is -0.432 e. The lowest BCUT2D eigenvalue weighted by atomic mass is 9.53. The van der Waals surface area contributed by atoms with E-state index in [0.29, 0.717) is 31.0 Å². The third-order valence-corrected chi connectivity index (χ3v) is 8.04. The molecule has 0 bridgehead atoms. The Morgan fingerprint density at radius 3 is 2.69 bits per heavy atom. The largest absolute Gasteiger partial charge is 0.432 e. The predicted octanol–water partition coefficient (Wildman–Crippen LogP) is 3.77. The number of methoxy groups -OCH3 is 1. The molecule has 1 saturated heterocycles. The summed E-state index contributed by atoms with van der Waals surface area (Å²) in [6.07, 6.45) is 5.03. The van der Waals surface area contributed by atoms with Crippen molar-refractivity contribution in [2.75, 3.05) is 27.1 Å². The van der Waals surface area contributed by atoms with Gasteiger partial charge in [0.2, 0.25) is 5.79 Å². The van der Waals surface area contributed by atoms with Crippen LogP contribution in [0.5, 0.6) is 0 Å². The second-order valence-electron chi connectivity index (χ2n) is 10.2. The Hall–Kier alpha value is -0.690. The molecule has 0 N–H and O–H groups in total. The van der Waals surface area contributed by atoms with Crippen LogP contribution in [0, 0.1) is 35.5 Å². The summed E-state index contributed by atoms with van der Waals surface area (Å²) in [5, 5.41) is 0. The molecule has 6 heteroatoms. The van der Waals surface area contributed by atoms with Gasteiger partial charge in [-0.25, -0.2) is 0 Å². The van der Waals surface area contributed by atoms with Crippen molar-refractivity contribution in [2.45, 2.75) is 77.3 Å². The van der Waals surface area contributed by atoms with Crippen molar-refractivity contribution in [1.29, 1.82) is 0 Å². The van der Waals surface area contributed by atoms with Gasteiger partial charge in [0.25, 0.3) is 0 Å². The summed E-state index contributed by atoms with van der Waals surface area (Å²) in [5.41, 5.74) is -0.502. The fourth-order valence-corrected chi connectivity index (χ4v) is 6.86. The van der Waals surface area contributed by atoms with Crippen molar-refractivity contribution >= 4 is 5.97 Å². The van der Waals surface area contributed by atoms with Gasteiger partial charge < -0.3 is 23.7 Å². The molecular formula is C23H38O6. The fourth-order valence-electron chi connectivity index (χ4n) is 6.86. The highest BCUT2D eigenvalue weighted by atomic mass is 16.7. The molecule has 1 aliphatic heterocycles. The third-order valence-electron chi connectivity index (χ3n) is 8.04. The highest BCUT2D eigenvalue weighted by Gasteiger charge is 2.74. The van der Waals surface area contributed by atoms with E-state index in [1.54, 1.807) is 7.11 Å². The van der Waals surface area contributed by atoms with Gasteiger partial charge in [-0.3, -0.25) is 4.79 Å². The third kappa shape index (κ3) is 3.54. The van der Waals surface area contributed by atoms with Crippen LogP contribution in [-0.4, -0.2) is 50.6 Å². The van der Waals surface area contributed by atoms with Crippen molar-refractivity contribution in [1.82, 2.24) is 0 Å². The summed E-state index contributed by atoms with van der Waals surface area (Å²) in [7, 11) is 1.66. The number of carbonyl (C=O) groups excluding carboxylic acids is 1. The molecule has 0 amide bonds. The summed E-state index contributed by atoms with van der Waals surface area (Å²) in [5.74, 6) is 0.706. The molecule has 6 nitrogen and oxygen atoms in total. The molecule has 4 aliphatic rings. The molecule has 3 aliphatic carbocycles. The summed E-state index contributed by atoms with van der Waals surface area (Å²) in [4.78, 5) is 13.2. The molecule has 29 heavy (non-hydrogen) atoms. The monoisotopic (exact) mass is 410 g/mol. The molecule has 0 radical (unpaired) electrons. The lowest BCUT2D eigenvalue weighted by Gasteiger charge is -2.65. The van der Waals surface area contributed by atoms with Crippen molar-refractivity contribution in [2.24, 2.45) is 35.5 Å². The Morgan fingerprint density at radius 2 is 1.97 bits per heavy atom. The standard InChI is InChI=1S/C23H38O6/c1-14(2)17-8-6-15(3)12-23(17)28-21(24)20-16-7-9-18(19(16)22(20,4)29-23)27-13-26-11-10-25-5/h14-20H,6-13H2,1-5H3. The average Bonchev–Trinajstić information content (AvgIpc) is 3.00. The number of hydrogen-bond donors (Lipinski definition) is 0. The van der Waals surface area contributed by atoms with Gasteiger partial charge in [0.1, 0.15) is 6.79 Å². The van der Waals surface area contributed by atoms with E-state index < -0.39 is 11.4 Å². The first-order chi connectivity index (χ1) is 13.8. The van der Waals surface area contributed by atoms with E-state index in [4.69, 9.17) is 23.7 Å². The molecule has 0 aromatic rings. The van der Waals surface area contributed by atoms with E-state index >= 15 is 0 Å². The number of fused-ring (bicyclic) bond motifs is 4. The maximum Gasteiger partial charge on any atom is 0.314 e. The van der Waals surface area contributed by atoms with Crippen LogP contribution in [0.2, 0.25) is 0 Å². The molecule has 1 heterocycles. The molecule has 8 atom stereocenters. The van der Waals surface area contributed by atoms with E-state index in [-0.39, 0.29) is 36.6 Å². The molecule has 0 aromatic heterocycles.